The minimum atomic E-state index is -3.89. The molecule has 1 N–H and O–H groups in total. The van der Waals surface area contributed by atoms with Crippen LogP contribution in [0.3, 0.4) is 0 Å². The van der Waals surface area contributed by atoms with Crippen molar-refractivity contribution < 1.29 is 13.2 Å². The molecule has 0 spiro atoms. The van der Waals surface area contributed by atoms with Crippen molar-refractivity contribution in [2.24, 2.45) is 0 Å². The van der Waals surface area contributed by atoms with E-state index in [1.165, 1.54) is 12.1 Å². The second kappa shape index (κ2) is 8.55. The summed E-state index contributed by atoms with van der Waals surface area (Å²) in [5.74, 6) is -0.264. The molecular weight excluding hydrogens is 374 g/mol. The zero-order chi connectivity index (χ0) is 20.1. The Morgan fingerprint density at radius 3 is 2.21 bits per heavy atom. The summed E-state index contributed by atoms with van der Waals surface area (Å²) >= 11 is 0. The third-order valence-corrected chi connectivity index (χ3v) is 6.33. The number of likely N-dealkylation sites (tertiary alicyclic amines) is 1. The second-order valence-electron chi connectivity index (χ2n) is 6.99. The van der Waals surface area contributed by atoms with Crippen molar-refractivity contribution in [2.75, 3.05) is 13.1 Å². The summed E-state index contributed by atoms with van der Waals surface area (Å²) in [5.41, 5.74) is 1.92. The van der Waals surface area contributed by atoms with Gasteiger partial charge < -0.3 is 4.90 Å². The number of rotatable bonds is 5. The number of nitriles is 1. The summed E-state index contributed by atoms with van der Waals surface area (Å²) in [4.78, 5) is 15.0. The van der Waals surface area contributed by atoms with Crippen LogP contribution in [0.25, 0.3) is 0 Å². The molecule has 1 fully saturated rings. The summed E-state index contributed by atoms with van der Waals surface area (Å²) in [5, 5.41) is 9.00. The lowest BCUT2D eigenvalue weighted by Gasteiger charge is -2.31. The van der Waals surface area contributed by atoms with Crippen LogP contribution in [0.1, 0.15) is 42.0 Å². The lowest BCUT2D eigenvalue weighted by molar-refractivity contribution is -0.134. The molecule has 7 heteroatoms. The van der Waals surface area contributed by atoms with E-state index in [2.05, 4.69) is 4.72 Å². The predicted molar refractivity (Wildman–Crippen MR) is 106 cm³/mol. The van der Waals surface area contributed by atoms with Crippen LogP contribution in [0.15, 0.2) is 53.4 Å². The van der Waals surface area contributed by atoms with Crippen molar-refractivity contribution >= 4 is 15.9 Å². The Bertz CT molecular complexity index is 971. The molecule has 0 aliphatic carbocycles. The van der Waals surface area contributed by atoms with Crippen molar-refractivity contribution in [1.29, 1.82) is 5.26 Å². The number of hydrogen-bond donors (Lipinski definition) is 1. The number of nitrogens with one attached hydrogen (secondary N) is 1. The number of aryl methyl sites for hydroxylation is 1. The Hall–Kier alpha value is -2.69. The highest BCUT2D eigenvalue weighted by Crippen LogP contribution is 2.22. The van der Waals surface area contributed by atoms with Gasteiger partial charge in [-0.05, 0) is 56.0 Å². The molecule has 1 aliphatic heterocycles. The molecule has 0 radical (unpaired) electrons. The van der Waals surface area contributed by atoms with Gasteiger partial charge in [0.25, 0.3) is 0 Å². The van der Waals surface area contributed by atoms with Gasteiger partial charge in [0.1, 0.15) is 6.04 Å². The minimum absolute atomic E-state index is 0.114. The first kappa shape index (κ1) is 20.1. The highest BCUT2D eigenvalue weighted by Gasteiger charge is 2.31. The van der Waals surface area contributed by atoms with Crippen molar-refractivity contribution in [3.05, 3.63) is 65.2 Å². The van der Waals surface area contributed by atoms with E-state index in [1.807, 2.05) is 13.0 Å². The minimum Gasteiger partial charge on any atom is -0.341 e. The molecule has 1 amide bonds. The summed E-state index contributed by atoms with van der Waals surface area (Å²) in [6, 6.07) is 13.9. The third-order valence-electron chi connectivity index (χ3n) is 4.89. The predicted octanol–water partition coefficient (Wildman–Crippen LogP) is 2.90. The van der Waals surface area contributed by atoms with Crippen LogP contribution in [0, 0.1) is 18.3 Å². The van der Waals surface area contributed by atoms with Crippen LogP contribution < -0.4 is 4.72 Å². The first-order chi connectivity index (χ1) is 13.4. The largest absolute Gasteiger partial charge is 0.341 e. The molecule has 0 bridgehead atoms. The number of sulfonamides is 1. The number of nitrogens with zero attached hydrogens (tertiary/aromatic N) is 2. The third kappa shape index (κ3) is 4.58. The van der Waals surface area contributed by atoms with Gasteiger partial charge in [0.15, 0.2) is 0 Å². The molecule has 1 saturated heterocycles. The maximum Gasteiger partial charge on any atom is 0.245 e. The van der Waals surface area contributed by atoms with Gasteiger partial charge >= 0.3 is 0 Å². The Morgan fingerprint density at radius 2 is 1.64 bits per heavy atom. The van der Waals surface area contributed by atoms with Gasteiger partial charge in [0.2, 0.25) is 15.9 Å². The fourth-order valence-electron chi connectivity index (χ4n) is 3.25. The first-order valence-corrected chi connectivity index (χ1v) is 10.8. The average Bonchev–Trinajstić information content (AvgIpc) is 2.72. The van der Waals surface area contributed by atoms with Crippen molar-refractivity contribution in [1.82, 2.24) is 9.62 Å². The molecule has 2 aromatic rings. The monoisotopic (exact) mass is 397 g/mol. The average molecular weight is 398 g/mol. The summed E-state index contributed by atoms with van der Waals surface area (Å²) in [6.45, 7) is 3.12. The van der Waals surface area contributed by atoms with Crippen LogP contribution >= 0.6 is 0 Å². The van der Waals surface area contributed by atoms with Gasteiger partial charge in [-0.25, -0.2) is 8.42 Å². The molecule has 146 valence electrons. The van der Waals surface area contributed by atoms with Crippen LogP contribution in [0.5, 0.6) is 0 Å². The van der Waals surface area contributed by atoms with Gasteiger partial charge in [-0.3, -0.25) is 4.79 Å². The zero-order valence-electron chi connectivity index (χ0n) is 15.8. The first-order valence-electron chi connectivity index (χ1n) is 9.28. The maximum atomic E-state index is 13.2. The summed E-state index contributed by atoms with van der Waals surface area (Å²) in [7, 11) is -3.89. The Labute approximate surface area is 165 Å². The lowest BCUT2D eigenvalue weighted by atomic mass is 10.0. The molecule has 28 heavy (non-hydrogen) atoms. The van der Waals surface area contributed by atoms with Crippen LogP contribution in [-0.2, 0) is 14.8 Å². The Balaban J connectivity index is 1.93. The summed E-state index contributed by atoms with van der Waals surface area (Å²) in [6.07, 6.45) is 2.90. The molecule has 0 saturated carbocycles. The summed E-state index contributed by atoms with van der Waals surface area (Å²) < 4.78 is 28.4. The molecule has 0 aromatic heterocycles. The molecule has 1 aliphatic rings. The fourth-order valence-corrected chi connectivity index (χ4v) is 4.43. The van der Waals surface area contributed by atoms with Gasteiger partial charge in [0, 0.05) is 13.1 Å². The SMILES string of the molecule is Cc1ccc(S(=O)(=O)NC(C(=O)N2CCCCC2)c2ccc(C#N)cc2)cc1. The van der Waals surface area contributed by atoms with E-state index in [4.69, 9.17) is 5.26 Å². The number of carbonyl (C=O) groups excluding carboxylic acids is 1. The number of carbonyl (C=O) groups is 1. The van der Waals surface area contributed by atoms with E-state index in [9.17, 15) is 13.2 Å². The van der Waals surface area contributed by atoms with Gasteiger partial charge in [-0.15, -0.1) is 0 Å². The van der Waals surface area contributed by atoms with Crippen molar-refractivity contribution in [2.45, 2.75) is 37.1 Å². The van der Waals surface area contributed by atoms with Gasteiger partial charge in [-0.1, -0.05) is 29.8 Å². The van der Waals surface area contributed by atoms with Crippen LogP contribution in [0.2, 0.25) is 0 Å². The van der Waals surface area contributed by atoms with E-state index in [0.717, 1.165) is 24.8 Å². The molecular formula is C21H23N3O3S. The van der Waals surface area contributed by atoms with Gasteiger partial charge in [0.05, 0.1) is 16.5 Å². The van der Waals surface area contributed by atoms with Crippen molar-refractivity contribution in [3.8, 4) is 6.07 Å². The number of benzene rings is 2. The van der Waals surface area contributed by atoms with Gasteiger partial charge in [-0.2, -0.15) is 9.98 Å². The van der Waals surface area contributed by atoms with Crippen LogP contribution in [-0.4, -0.2) is 32.3 Å². The molecule has 1 atom stereocenters. The quantitative estimate of drug-likeness (QED) is 0.840. The van der Waals surface area contributed by atoms with Crippen LogP contribution in [0.4, 0.5) is 0 Å². The molecule has 2 aromatic carbocycles. The van der Waals surface area contributed by atoms with E-state index in [1.54, 1.807) is 41.3 Å². The standard InChI is InChI=1S/C21H23N3O3S/c1-16-5-11-19(12-6-16)28(26,27)23-20(18-9-7-17(15-22)8-10-18)21(25)24-13-3-2-4-14-24/h5-12,20,23H,2-4,13-14H2,1H3. The number of hydrogen-bond acceptors (Lipinski definition) is 4. The zero-order valence-corrected chi connectivity index (χ0v) is 16.6. The fraction of sp³-hybridized carbons (Fsp3) is 0.333. The van der Waals surface area contributed by atoms with E-state index in [-0.39, 0.29) is 10.8 Å². The number of piperidine rings is 1. The highest BCUT2D eigenvalue weighted by atomic mass is 32.2. The normalized spacial score (nSPS) is 15.6. The Kier molecular flexibility index (Phi) is 6.12. The van der Waals surface area contributed by atoms with E-state index >= 15 is 0 Å². The van der Waals surface area contributed by atoms with E-state index in [0.29, 0.717) is 24.2 Å². The highest BCUT2D eigenvalue weighted by molar-refractivity contribution is 7.89. The Morgan fingerprint density at radius 1 is 1.04 bits per heavy atom. The molecule has 1 heterocycles. The molecule has 3 rings (SSSR count). The molecule has 1 unspecified atom stereocenters. The second-order valence-corrected chi connectivity index (χ2v) is 8.70. The lowest BCUT2D eigenvalue weighted by Crippen LogP contribution is -2.44. The number of amides is 1. The smallest absolute Gasteiger partial charge is 0.245 e. The topological polar surface area (TPSA) is 90.3 Å². The van der Waals surface area contributed by atoms with Crippen molar-refractivity contribution in [3.63, 3.8) is 0 Å². The molecule has 6 nitrogen and oxygen atoms in total. The maximum absolute atomic E-state index is 13.2. The van der Waals surface area contributed by atoms with E-state index < -0.39 is 16.1 Å².